The van der Waals surface area contributed by atoms with Gasteiger partial charge in [-0.15, -0.1) is 0 Å². The molecule has 0 fully saturated rings. The molecule has 0 amide bonds. The van der Waals surface area contributed by atoms with Gasteiger partial charge in [-0.1, -0.05) is 90.1 Å². The van der Waals surface area contributed by atoms with Crippen LogP contribution in [0.5, 0.6) is 0 Å². The molecule has 6 aromatic carbocycles. The SMILES string of the molecule is N=C1C=CC=C(N(c2ccc(-c3ccccc3)c3nonc23)c2ccc(-c3ccc4ccc5ccccc5c4c3)c3nonc23)/C1=N/O. The minimum atomic E-state index is 0.0324. The van der Waals surface area contributed by atoms with Gasteiger partial charge >= 0.3 is 0 Å². The number of allylic oxidation sites excluding steroid dienone is 4. The molecule has 10 nitrogen and oxygen atoms in total. The van der Waals surface area contributed by atoms with Gasteiger partial charge in [0, 0.05) is 11.1 Å². The van der Waals surface area contributed by atoms with Crippen molar-refractivity contribution in [2.75, 3.05) is 4.90 Å². The summed E-state index contributed by atoms with van der Waals surface area (Å²) in [5, 5.41) is 44.1. The van der Waals surface area contributed by atoms with Crippen molar-refractivity contribution in [3.8, 4) is 22.3 Å². The zero-order valence-corrected chi connectivity index (χ0v) is 25.1. The third-order valence-corrected chi connectivity index (χ3v) is 8.77. The average Bonchev–Trinajstić information content (AvgIpc) is 3.84. The van der Waals surface area contributed by atoms with E-state index in [0.717, 1.165) is 43.8 Å². The number of hydrogen-bond donors (Lipinski definition) is 2. The lowest BCUT2D eigenvalue weighted by atomic mass is 9.96. The molecule has 0 saturated heterocycles. The first-order valence-corrected chi connectivity index (χ1v) is 15.2. The van der Waals surface area contributed by atoms with E-state index >= 15 is 0 Å². The van der Waals surface area contributed by atoms with Gasteiger partial charge in [0.2, 0.25) is 0 Å². The number of rotatable bonds is 5. The van der Waals surface area contributed by atoms with Gasteiger partial charge < -0.3 is 10.1 Å². The van der Waals surface area contributed by atoms with Crippen LogP contribution in [0.25, 0.3) is 65.9 Å². The number of fused-ring (bicyclic) bond motifs is 5. The van der Waals surface area contributed by atoms with Crippen LogP contribution in [0.15, 0.2) is 148 Å². The second kappa shape index (κ2) is 10.8. The van der Waals surface area contributed by atoms with E-state index in [0.29, 0.717) is 39.1 Å². The fourth-order valence-electron chi connectivity index (χ4n) is 6.53. The summed E-state index contributed by atoms with van der Waals surface area (Å²) in [4.78, 5) is 1.82. The highest BCUT2D eigenvalue weighted by atomic mass is 16.6. The van der Waals surface area contributed by atoms with Crippen LogP contribution in [0.2, 0.25) is 0 Å². The highest BCUT2D eigenvalue weighted by molar-refractivity contribution is 6.52. The molecule has 0 saturated carbocycles. The summed E-state index contributed by atoms with van der Waals surface area (Å²) in [6.45, 7) is 0. The summed E-state index contributed by atoms with van der Waals surface area (Å²) in [5.74, 6) is 0. The minimum absolute atomic E-state index is 0.0324. The molecule has 0 radical (unpaired) electrons. The molecule has 2 heterocycles. The van der Waals surface area contributed by atoms with E-state index < -0.39 is 0 Å². The van der Waals surface area contributed by atoms with Gasteiger partial charge in [0.1, 0.15) is 11.0 Å². The van der Waals surface area contributed by atoms with E-state index in [2.05, 4.69) is 68.2 Å². The van der Waals surface area contributed by atoms with Crippen LogP contribution in [0.3, 0.4) is 0 Å². The standard InChI is InChI=1S/C38H23N7O3/c39-30-11-6-12-31(36(30)40-46)45(32-19-17-27(22-7-2-1-3-8-22)34-37(32)43-47-41-34)33-20-18-28(35-38(33)44-48-42-35)25-16-15-24-14-13-23-9-4-5-10-26(23)29(24)21-25/h1-21,39,46H/b39-30?,40-36+. The normalized spacial score (nSPS) is 14.0. The average molecular weight is 626 g/mol. The lowest BCUT2D eigenvalue weighted by Crippen LogP contribution is -2.29. The highest BCUT2D eigenvalue weighted by Gasteiger charge is 2.30. The number of benzene rings is 6. The first-order valence-electron chi connectivity index (χ1n) is 15.2. The Morgan fingerprint density at radius 2 is 1.21 bits per heavy atom. The molecule has 0 aliphatic heterocycles. The van der Waals surface area contributed by atoms with Crippen LogP contribution in [0.1, 0.15) is 0 Å². The van der Waals surface area contributed by atoms with Crippen LogP contribution in [0, 0.1) is 5.41 Å². The quantitative estimate of drug-likeness (QED) is 0.0837. The molecule has 1 aliphatic carbocycles. The molecule has 8 aromatic rings. The summed E-state index contributed by atoms with van der Waals surface area (Å²) in [7, 11) is 0. The Kier molecular flexibility index (Phi) is 6.19. The van der Waals surface area contributed by atoms with Crippen molar-refractivity contribution in [1.82, 2.24) is 20.6 Å². The smallest absolute Gasteiger partial charge is 0.159 e. The Balaban J connectivity index is 1.27. The van der Waals surface area contributed by atoms with Crippen LogP contribution in [-0.2, 0) is 0 Å². The van der Waals surface area contributed by atoms with Gasteiger partial charge in [0.15, 0.2) is 16.7 Å². The number of aromatic nitrogens is 4. The summed E-state index contributed by atoms with van der Waals surface area (Å²) in [6.07, 6.45) is 5.05. The van der Waals surface area contributed by atoms with Crippen molar-refractivity contribution < 1.29 is 14.5 Å². The summed E-state index contributed by atoms with van der Waals surface area (Å²) in [5.41, 5.74) is 7.21. The second-order valence-electron chi connectivity index (χ2n) is 11.4. The van der Waals surface area contributed by atoms with E-state index in [1.165, 1.54) is 0 Å². The van der Waals surface area contributed by atoms with Gasteiger partial charge in [0.05, 0.1) is 22.8 Å². The maximum atomic E-state index is 10.1. The molecule has 0 atom stereocenters. The van der Waals surface area contributed by atoms with Crippen molar-refractivity contribution in [3.63, 3.8) is 0 Å². The van der Waals surface area contributed by atoms with Gasteiger partial charge in [-0.25, -0.2) is 9.26 Å². The summed E-state index contributed by atoms with van der Waals surface area (Å²) in [6, 6.07) is 36.5. The van der Waals surface area contributed by atoms with E-state index in [4.69, 9.17) is 14.7 Å². The van der Waals surface area contributed by atoms with E-state index in [-0.39, 0.29) is 11.4 Å². The van der Waals surface area contributed by atoms with Gasteiger partial charge in [-0.2, -0.15) is 0 Å². The Morgan fingerprint density at radius 1 is 0.604 bits per heavy atom. The number of nitrogens with zero attached hydrogens (tertiary/aromatic N) is 6. The van der Waals surface area contributed by atoms with Crippen molar-refractivity contribution in [1.29, 1.82) is 5.41 Å². The van der Waals surface area contributed by atoms with Crippen LogP contribution < -0.4 is 4.90 Å². The van der Waals surface area contributed by atoms with Crippen molar-refractivity contribution in [3.05, 3.63) is 133 Å². The van der Waals surface area contributed by atoms with Gasteiger partial charge in [0.25, 0.3) is 0 Å². The van der Waals surface area contributed by atoms with Crippen molar-refractivity contribution >= 4 is 66.4 Å². The molecule has 48 heavy (non-hydrogen) atoms. The predicted octanol–water partition coefficient (Wildman–Crippen LogP) is 8.84. The molecular formula is C38H23N7O3. The molecule has 2 N–H and O–H groups in total. The molecule has 9 rings (SSSR count). The zero-order valence-electron chi connectivity index (χ0n) is 25.1. The Morgan fingerprint density at radius 3 is 1.92 bits per heavy atom. The van der Waals surface area contributed by atoms with E-state index in [1.807, 2.05) is 71.6 Å². The first kappa shape index (κ1) is 27.4. The fourth-order valence-corrected chi connectivity index (χ4v) is 6.53. The minimum Gasteiger partial charge on any atom is -0.410 e. The van der Waals surface area contributed by atoms with Crippen LogP contribution >= 0.6 is 0 Å². The Bertz CT molecular complexity index is 2670. The summed E-state index contributed by atoms with van der Waals surface area (Å²) < 4.78 is 10.7. The molecular weight excluding hydrogens is 602 g/mol. The zero-order chi connectivity index (χ0) is 32.2. The maximum Gasteiger partial charge on any atom is 0.159 e. The Hall–Kier alpha value is -6.94. The molecule has 0 spiro atoms. The topological polar surface area (TPSA) is 138 Å². The molecule has 10 heteroatoms. The number of anilines is 2. The maximum absolute atomic E-state index is 10.1. The van der Waals surface area contributed by atoms with Crippen LogP contribution in [-0.4, -0.2) is 37.3 Å². The largest absolute Gasteiger partial charge is 0.410 e. The first-order chi connectivity index (χ1) is 23.7. The Labute approximate surface area is 271 Å². The number of nitrogens with one attached hydrogen (secondary N) is 1. The predicted molar refractivity (Wildman–Crippen MR) is 186 cm³/mol. The number of hydrogen-bond acceptors (Lipinski definition) is 10. The van der Waals surface area contributed by atoms with Crippen molar-refractivity contribution in [2.45, 2.75) is 0 Å². The lowest BCUT2D eigenvalue weighted by molar-refractivity contribution is 0.315. The van der Waals surface area contributed by atoms with Crippen LogP contribution in [0.4, 0.5) is 11.4 Å². The lowest BCUT2D eigenvalue weighted by Gasteiger charge is -2.29. The van der Waals surface area contributed by atoms with E-state index in [1.54, 1.807) is 18.2 Å². The molecule has 228 valence electrons. The molecule has 2 aromatic heterocycles. The third-order valence-electron chi connectivity index (χ3n) is 8.77. The monoisotopic (exact) mass is 625 g/mol. The van der Waals surface area contributed by atoms with Crippen molar-refractivity contribution in [2.24, 2.45) is 5.16 Å². The summed E-state index contributed by atoms with van der Waals surface area (Å²) >= 11 is 0. The highest BCUT2D eigenvalue weighted by Crippen LogP contribution is 2.43. The van der Waals surface area contributed by atoms with E-state index in [9.17, 15) is 5.21 Å². The van der Waals surface area contributed by atoms with Gasteiger partial charge in [-0.3, -0.25) is 5.41 Å². The molecule has 1 aliphatic rings. The fraction of sp³-hybridized carbons (Fsp3) is 0. The second-order valence-corrected chi connectivity index (χ2v) is 11.4. The molecule has 0 bridgehead atoms. The number of oxime groups is 1. The molecule has 0 unspecified atom stereocenters. The third kappa shape index (κ3) is 4.20. The van der Waals surface area contributed by atoms with Gasteiger partial charge in [-0.05, 0) is 95.8 Å².